The lowest BCUT2D eigenvalue weighted by atomic mass is 9.97. The number of aliphatic hydroxyl groups excluding tert-OH is 2. The lowest BCUT2D eigenvalue weighted by Crippen LogP contribution is -2.21. The van der Waals surface area contributed by atoms with E-state index in [0.717, 1.165) is 5.56 Å². The molecule has 0 saturated heterocycles. The molecule has 4 rings (SSSR count). The van der Waals surface area contributed by atoms with Crippen molar-refractivity contribution in [3.8, 4) is 40.5 Å². The van der Waals surface area contributed by atoms with Gasteiger partial charge < -0.3 is 25.1 Å². The molecule has 0 spiro atoms. The fourth-order valence-corrected chi connectivity index (χ4v) is 4.39. The first-order chi connectivity index (χ1) is 17.9. The van der Waals surface area contributed by atoms with Crippen LogP contribution in [0.5, 0.6) is 5.75 Å². The van der Waals surface area contributed by atoms with Crippen LogP contribution in [0.1, 0.15) is 16.8 Å². The van der Waals surface area contributed by atoms with Crippen molar-refractivity contribution in [1.29, 1.82) is 10.5 Å². The Kier molecular flexibility index (Phi) is 8.29. The van der Waals surface area contributed by atoms with Gasteiger partial charge in [-0.2, -0.15) is 10.5 Å². The minimum Gasteiger partial charge on any atom is -0.491 e. The molecule has 1 atom stereocenters. The highest BCUT2D eigenvalue weighted by Crippen LogP contribution is 2.37. The van der Waals surface area contributed by atoms with Crippen molar-refractivity contribution in [3.63, 3.8) is 0 Å². The van der Waals surface area contributed by atoms with Gasteiger partial charge in [-0.05, 0) is 42.0 Å². The van der Waals surface area contributed by atoms with Crippen LogP contribution in [0.3, 0.4) is 0 Å². The summed E-state index contributed by atoms with van der Waals surface area (Å²) in [5.41, 5.74) is 8.76. The van der Waals surface area contributed by atoms with Crippen LogP contribution in [0.2, 0.25) is 5.02 Å². The van der Waals surface area contributed by atoms with Gasteiger partial charge in [0, 0.05) is 21.9 Å². The Bertz CT molecular complexity index is 1480. The van der Waals surface area contributed by atoms with Crippen LogP contribution in [0.4, 0.5) is 5.82 Å². The maximum absolute atomic E-state index is 10.00. The summed E-state index contributed by atoms with van der Waals surface area (Å²) in [6.45, 7) is -0.490. The number of nitrogens with two attached hydrogens (primary N) is 1. The summed E-state index contributed by atoms with van der Waals surface area (Å²) in [4.78, 5) is 8.80. The van der Waals surface area contributed by atoms with E-state index in [1.165, 1.54) is 18.0 Å². The van der Waals surface area contributed by atoms with Crippen molar-refractivity contribution in [3.05, 3.63) is 76.6 Å². The van der Waals surface area contributed by atoms with Crippen LogP contribution in [0.25, 0.3) is 22.6 Å². The molecule has 0 bridgehead atoms. The Morgan fingerprint density at radius 1 is 1.03 bits per heavy atom. The van der Waals surface area contributed by atoms with Crippen molar-refractivity contribution in [2.24, 2.45) is 0 Å². The maximum atomic E-state index is 10.00. The van der Waals surface area contributed by atoms with Crippen LogP contribution >= 0.6 is 23.4 Å². The first-order valence-electron chi connectivity index (χ1n) is 10.9. The van der Waals surface area contributed by atoms with E-state index in [1.54, 1.807) is 48.5 Å². The number of nitrogens with zero attached hydrogens (tertiary/aromatic N) is 4. The van der Waals surface area contributed by atoms with E-state index < -0.39 is 12.7 Å². The standard InChI is InChI=1S/C26H20ClN5O4S/c27-17-5-1-16(2-6-17)25-31-18(12-36-25)14-37-26-22(10-29)23(21(9-28)24(30)32-26)15-3-7-20(8-4-15)35-13-19(34)11-33/h1-8,12,19,33-34H,11,13-14H2,(H2,30,32). The normalized spacial score (nSPS) is 11.5. The highest BCUT2D eigenvalue weighted by molar-refractivity contribution is 7.98. The largest absolute Gasteiger partial charge is 0.491 e. The van der Waals surface area contributed by atoms with Gasteiger partial charge in [-0.15, -0.1) is 0 Å². The number of hydrogen-bond acceptors (Lipinski definition) is 10. The Balaban J connectivity index is 1.60. The topological polar surface area (TPSA) is 162 Å². The number of aromatic nitrogens is 2. The molecule has 0 aliphatic heterocycles. The molecule has 37 heavy (non-hydrogen) atoms. The molecule has 2 aromatic carbocycles. The van der Waals surface area contributed by atoms with Gasteiger partial charge in [0.15, 0.2) is 0 Å². The fourth-order valence-electron chi connectivity index (χ4n) is 3.39. The van der Waals surface area contributed by atoms with Gasteiger partial charge in [0.25, 0.3) is 0 Å². The second kappa shape index (κ2) is 11.8. The number of rotatable bonds is 9. The zero-order chi connectivity index (χ0) is 26.4. The molecule has 186 valence electrons. The average molecular weight is 534 g/mol. The van der Waals surface area contributed by atoms with Gasteiger partial charge in [-0.25, -0.2) is 9.97 Å². The Hall–Kier alpha value is -4.06. The van der Waals surface area contributed by atoms with E-state index in [-0.39, 0.29) is 23.6 Å². The van der Waals surface area contributed by atoms with Gasteiger partial charge >= 0.3 is 0 Å². The third kappa shape index (κ3) is 6.02. The van der Waals surface area contributed by atoms with Crippen molar-refractivity contribution >= 4 is 29.2 Å². The van der Waals surface area contributed by atoms with E-state index in [0.29, 0.717) is 44.3 Å². The third-order valence-electron chi connectivity index (χ3n) is 5.21. The van der Waals surface area contributed by atoms with Gasteiger partial charge in [-0.3, -0.25) is 0 Å². The number of benzene rings is 2. The number of oxazole rings is 1. The van der Waals surface area contributed by atoms with Crippen molar-refractivity contribution in [1.82, 2.24) is 9.97 Å². The van der Waals surface area contributed by atoms with E-state index in [4.69, 9.17) is 31.6 Å². The summed E-state index contributed by atoms with van der Waals surface area (Å²) in [5, 5.41) is 39.1. The first kappa shape index (κ1) is 26.0. The summed E-state index contributed by atoms with van der Waals surface area (Å²) >= 11 is 7.19. The highest BCUT2D eigenvalue weighted by Gasteiger charge is 2.21. The highest BCUT2D eigenvalue weighted by atomic mass is 35.5. The molecule has 11 heteroatoms. The molecule has 0 radical (unpaired) electrons. The molecule has 4 N–H and O–H groups in total. The van der Waals surface area contributed by atoms with Crippen molar-refractivity contribution < 1.29 is 19.4 Å². The summed E-state index contributed by atoms with van der Waals surface area (Å²) in [7, 11) is 0. The summed E-state index contributed by atoms with van der Waals surface area (Å²) < 4.78 is 11.0. The Labute approximate surface area is 221 Å². The molecule has 0 amide bonds. The predicted molar refractivity (Wildman–Crippen MR) is 139 cm³/mol. The number of ether oxygens (including phenoxy) is 1. The summed E-state index contributed by atoms with van der Waals surface area (Å²) in [6.07, 6.45) is 0.533. The van der Waals surface area contributed by atoms with E-state index >= 15 is 0 Å². The molecule has 0 saturated carbocycles. The molecular weight excluding hydrogens is 514 g/mol. The van der Waals surface area contributed by atoms with Crippen LogP contribution in [0, 0.1) is 22.7 Å². The first-order valence-corrected chi connectivity index (χ1v) is 12.3. The van der Waals surface area contributed by atoms with E-state index in [1.807, 2.05) is 6.07 Å². The van der Waals surface area contributed by atoms with Crippen molar-refractivity contribution in [2.45, 2.75) is 16.9 Å². The summed E-state index contributed by atoms with van der Waals surface area (Å²) in [6, 6.07) is 18.0. The lowest BCUT2D eigenvalue weighted by Gasteiger charge is -2.14. The van der Waals surface area contributed by atoms with Crippen LogP contribution in [0.15, 0.2) is 64.2 Å². The molecule has 4 aromatic rings. The van der Waals surface area contributed by atoms with E-state index in [2.05, 4.69) is 16.0 Å². The zero-order valence-electron chi connectivity index (χ0n) is 19.3. The van der Waals surface area contributed by atoms with Crippen molar-refractivity contribution in [2.75, 3.05) is 18.9 Å². The number of aliphatic hydroxyl groups is 2. The van der Waals surface area contributed by atoms with Gasteiger partial charge in [0.05, 0.1) is 17.9 Å². The third-order valence-corrected chi connectivity index (χ3v) is 6.47. The van der Waals surface area contributed by atoms with Gasteiger partial charge in [0.1, 0.15) is 53.3 Å². The van der Waals surface area contributed by atoms with E-state index in [9.17, 15) is 15.6 Å². The van der Waals surface area contributed by atoms with Crippen LogP contribution in [-0.4, -0.2) is 39.5 Å². The number of nitriles is 2. The average Bonchev–Trinajstić information content (AvgIpc) is 3.39. The molecule has 0 aliphatic rings. The number of halogens is 1. The smallest absolute Gasteiger partial charge is 0.226 e. The summed E-state index contributed by atoms with van der Waals surface area (Å²) in [5.74, 6) is 1.25. The predicted octanol–water partition coefficient (Wildman–Crippen LogP) is 4.41. The SMILES string of the molecule is N#Cc1c(N)nc(SCc2coc(-c3ccc(Cl)cc3)n2)c(C#N)c1-c1ccc(OCC(O)CO)cc1. The quantitative estimate of drug-likeness (QED) is 0.263. The van der Waals surface area contributed by atoms with Gasteiger partial charge in [-0.1, -0.05) is 35.5 Å². The van der Waals surface area contributed by atoms with Crippen LogP contribution in [-0.2, 0) is 5.75 Å². The second-order valence-electron chi connectivity index (χ2n) is 7.76. The molecule has 0 aliphatic carbocycles. The molecule has 2 heterocycles. The Morgan fingerprint density at radius 3 is 2.35 bits per heavy atom. The maximum Gasteiger partial charge on any atom is 0.226 e. The second-order valence-corrected chi connectivity index (χ2v) is 9.16. The zero-order valence-corrected chi connectivity index (χ0v) is 20.8. The molecule has 2 aromatic heterocycles. The molecular formula is C26H20ClN5O4S. The number of nitrogen functional groups attached to an aromatic ring is 1. The van der Waals surface area contributed by atoms with Crippen LogP contribution < -0.4 is 10.5 Å². The number of hydrogen-bond donors (Lipinski definition) is 3. The number of thioether (sulfide) groups is 1. The molecule has 0 fully saturated rings. The number of pyridine rings is 1. The van der Waals surface area contributed by atoms with Gasteiger partial charge in [0.2, 0.25) is 5.89 Å². The molecule has 9 nitrogen and oxygen atoms in total. The minimum atomic E-state index is -0.998. The fraction of sp³-hybridized carbons (Fsp3) is 0.154. The monoisotopic (exact) mass is 533 g/mol. The minimum absolute atomic E-state index is 0.00685. The lowest BCUT2D eigenvalue weighted by molar-refractivity contribution is 0.0536. The number of anilines is 1. The Morgan fingerprint density at radius 2 is 1.70 bits per heavy atom. The molecule has 1 unspecified atom stereocenters.